The predicted octanol–water partition coefficient (Wildman–Crippen LogP) is 5.22. The van der Waals surface area contributed by atoms with Gasteiger partial charge in [-0.2, -0.15) is 5.26 Å². The van der Waals surface area contributed by atoms with Gasteiger partial charge in [0.25, 0.3) is 0 Å². The lowest BCUT2D eigenvalue weighted by molar-refractivity contribution is -0.110. The molecule has 0 unspecified atom stereocenters. The summed E-state index contributed by atoms with van der Waals surface area (Å²) in [5.41, 5.74) is 4.37. The fraction of sp³-hybridized carbons (Fsp3) is 0.333. The van der Waals surface area contributed by atoms with Crippen LogP contribution in [0.25, 0.3) is 6.08 Å². The molecule has 0 atom stereocenters. The number of carbonyl (C=O) groups excluding carboxylic acids is 1. The number of nitriles is 1. The van der Waals surface area contributed by atoms with Gasteiger partial charge >= 0.3 is 0 Å². The van der Waals surface area contributed by atoms with Gasteiger partial charge in [-0.1, -0.05) is 43.7 Å². The molecule has 1 aliphatic rings. The van der Waals surface area contributed by atoms with Crippen molar-refractivity contribution >= 4 is 11.9 Å². The third kappa shape index (κ3) is 4.53. The summed E-state index contributed by atoms with van der Waals surface area (Å²) in [6, 6.07) is 9.25. The average molecular weight is 305 g/mol. The van der Waals surface area contributed by atoms with Gasteiger partial charge in [0.2, 0.25) is 0 Å². The highest BCUT2D eigenvalue weighted by Crippen LogP contribution is 2.40. The summed E-state index contributed by atoms with van der Waals surface area (Å²) in [6.07, 6.45) is 10.5. The highest BCUT2D eigenvalue weighted by atomic mass is 16.1. The van der Waals surface area contributed by atoms with E-state index in [-0.39, 0.29) is 11.2 Å². The van der Waals surface area contributed by atoms with E-state index >= 15 is 0 Å². The number of ketones is 1. The van der Waals surface area contributed by atoms with Crippen molar-refractivity contribution in [2.24, 2.45) is 5.41 Å². The molecule has 1 aliphatic carbocycles. The first kappa shape index (κ1) is 17.0. The normalized spacial score (nSPS) is 17.7. The molecule has 118 valence electrons. The second kappa shape index (κ2) is 7.24. The maximum atomic E-state index is 12.1. The third-order valence-corrected chi connectivity index (χ3v) is 4.44. The first-order valence-corrected chi connectivity index (χ1v) is 8.03. The topological polar surface area (TPSA) is 40.9 Å². The van der Waals surface area contributed by atoms with Crippen molar-refractivity contribution in [2.45, 2.75) is 40.0 Å². The van der Waals surface area contributed by atoms with Crippen LogP contribution in [0.2, 0.25) is 0 Å². The molecule has 2 heteroatoms. The largest absolute Gasteiger partial charge is 0.290 e. The molecule has 2 rings (SSSR count). The van der Waals surface area contributed by atoms with Crippen molar-refractivity contribution in [1.82, 2.24) is 0 Å². The van der Waals surface area contributed by atoms with Crippen molar-refractivity contribution in [3.8, 4) is 6.07 Å². The van der Waals surface area contributed by atoms with Crippen molar-refractivity contribution < 1.29 is 4.79 Å². The molecular weight excluding hydrogens is 282 g/mol. The maximum Gasteiger partial charge on any atom is 0.178 e. The van der Waals surface area contributed by atoms with E-state index in [1.807, 2.05) is 18.2 Å². The van der Waals surface area contributed by atoms with Crippen molar-refractivity contribution in [3.63, 3.8) is 0 Å². The van der Waals surface area contributed by atoms with Crippen LogP contribution in [0.1, 0.15) is 51.2 Å². The fourth-order valence-electron chi connectivity index (χ4n) is 3.08. The molecule has 1 aromatic rings. The molecule has 0 saturated carbocycles. The summed E-state index contributed by atoms with van der Waals surface area (Å²) in [5.74, 6) is -0.0176. The Balaban J connectivity index is 2.06. The van der Waals surface area contributed by atoms with Crippen molar-refractivity contribution in [1.29, 1.82) is 5.26 Å². The van der Waals surface area contributed by atoms with Gasteiger partial charge in [-0.25, -0.2) is 0 Å². The van der Waals surface area contributed by atoms with Crippen LogP contribution < -0.4 is 0 Å². The number of hydrogen-bond donors (Lipinski definition) is 0. The van der Waals surface area contributed by atoms with E-state index in [9.17, 15) is 4.79 Å². The number of nitrogens with zero attached hydrogens (tertiary/aromatic N) is 1. The second-order valence-electron chi connectivity index (χ2n) is 6.73. The zero-order chi connectivity index (χ0) is 16.9. The van der Waals surface area contributed by atoms with Crippen LogP contribution in [0.4, 0.5) is 0 Å². The molecule has 1 aromatic carbocycles. The average Bonchev–Trinajstić information content (AvgIpc) is 2.52. The highest BCUT2D eigenvalue weighted by Gasteiger charge is 2.26. The number of rotatable bonds is 4. The van der Waals surface area contributed by atoms with E-state index in [4.69, 9.17) is 5.26 Å². The molecule has 2 nitrogen and oxygen atoms in total. The Hall–Kier alpha value is -2.40. The maximum absolute atomic E-state index is 12.1. The zero-order valence-corrected chi connectivity index (χ0v) is 14.1. The number of carbonyl (C=O) groups is 1. The van der Waals surface area contributed by atoms with Crippen LogP contribution in [0.15, 0.2) is 53.6 Å². The lowest BCUT2D eigenvalue weighted by atomic mass is 9.72. The Morgan fingerprint density at radius 2 is 1.83 bits per heavy atom. The van der Waals surface area contributed by atoms with Crippen LogP contribution in [-0.2, 0) is 4.79 Å². The van der Waals surface area contributed by atoms with Gasteiger partial charge in [-0.3, -0.25) is 4.79 Å². The SMILES string of the molecule is CC1=C(/C=C/C(=O)/C=C/c2ccc(C#N)cc2)C(C)(C)CCC1. The molecule has 0 aromatic heterocycles. The molecular formula is C21H23NO. The number of hydrogen-bond acceptors (Lipinski definition) is 2. The monoisotopic (exact) mass is 305 g/mol. The second-order valence-corrected chi connectivity index (χ2v) is 6.73. The van der Waals surface area contributed by atoms with E-state index in [1.54, 1.807) is 30.4 Å². The van der Waals surface area contributed by atoms with Gasteiger partial charge < -0.3 is 0 Å². The third-order valence-electron chi connectivity index (χ3n) is 4.44. The first-order chi connectivity index (χ1) is 10.9. The van der Waals surface area contributed by atoms with Crippen LogP contribution in [0, 0.1) is 16.7 Å². The summed E-state index contributed by atoms with van der Waals surface area (Å²) in [4.78, 5) is 12.1. The van der Waals surface area contributed by atoms with Crippen LogP contribution in [0.5, 0.6) is 0 Å². The summed E-state index contributed by atoms with van der Waals surface area (Å²) >= 11 is 0. The van der Waals surface area contributed by atoms with Crippen molar-refractivity contribution in [3.05, 3.63) is 64.8 Å². The summed E-state index contributed by atoms with van der Waals surface area (Å²) in [6.45, 7) is 6.65. The Morgan fingerprint density at radius 1 is 1.17 bits per heavy atom. The van der Waals surface area contributed by atoms with Crippen molar-refractivity contribution in [2.75, 3.05) is 0 Å². The smallest absolute Gasteiger partial charge is 0.178 e. The molecule has 0 fully saturated rings. The quantitative estimate of drug-likeness (QED) is 0.715. The Morgan fingerprint density at radius 3 is 2.43 bits per heavy atom. The lowest BCUT2D eigenvalue weighted by Crippen LogP contribution is -2.19. The van der Waals surface area contributed by atoms with Gasteiger partial charge in [-0.15, -0.1) is 0 Å². The Bertz CT molecular complexity index is 709. The molecule has 0 saturated heterocycles. The molecule has 0 radical (unpaired) electrons. The minimum atomic E-state index is -0.0176. The molecule has 0 aliphatic heterocycles. The summed E-state index contributed by atoms with van der Waals surface area (Å²) in [7, 11) is 0. The standard InChI is InChI=1S/C21H23NO/c1-16-5-4-14-21(2,3)20(16)13-12-19(23)11-10-17-6-8-18(15-22)9-7-17/h6-13H,4-5,14H2,1-3H3/b11-10+,13-12+. The van der Waals surface area contributed by atoms with Gasteiger partial charge in [0.1, 0.15) is 0 Å². The fourth-order valence-corrected chi connectivity index (χ4v) is 3.08. The molecule has 0 bridgehead atoms. The van der Waals surface area contributed by atoms with E-state index < -0.39 is 0 Å². The minimum absolute atomic E-state index is 0.0176. The highest BCUT2D eigenvalue weighted by molar-refractivity contribution is 6.02. The Labute approximate surface area is 138 Å². The van der Waals surface area contributed by atoms with Crippen LogP contribution >= 0.6 is 0 Å². The van der Waals surface area contributed by atoms with Gasteiger partial charge in [0.05, 0.1) is 11.6 Å². The van der Waals surface area contributed by atoms with Crippen LogP contribution in [-0.4, -0.2) is 5.78 Å². The van der Waals surface area contributed by atoms with E-state index in [0.29, 0.717) is 5.56 Å². The lowest BCUT2D eigenvalue weighted by Gasteiger charge is -2.32. The summed E-state index contributed by atoms with van der Waals surface area (Å²) in [5, 5.41) is 8.77. The molecule has 0 amide bonds. The molecule has 0 spiro atoms. The molecule has 0 N–H and O–H groups in total. The molecule has 0 heterocycles. The van der Waals surface area contributed by atoms with E-state index in [0.717, 1.165) is 12.0 Å². The van der Waals surface area contributed by atoms with E-state index in [2.05, 4.69) is 26.8 Å². The summed E-state index contributed by atoms with van der Waals surface area (Å²) < 4.78 is 0. The van der Waals surface area contributed by atoms with Gasteiger partial charge in [0, 0.05) is 0 Å². The first-order valence-electron chi connectivity index (χ1n) is 8.03. The van der Waals surface area contributed by atoms with E-state index in [1.165, 1.54) is 24.0 Å². The Kier molecular flexibility index (Phi) is 5.34. The molecule has 23 heavy (non-hydrogen) atoms. The van der Waals surface area contributed by atoms with Gasteiger partial charge in [0.15, 0.2) is 5.78 Å². The zero-order valence-electron chi connectivity index (χ0n) is 14.1. The van der Waals surface area contributed by atoms with Crippen LogP contribution in [0.3, 0.4) is 0 Å². The minimum Gasteiger partial charge on any atom is -0.290 e. The number of allylic oxidation sites excluding steroid dienone is 5. The number of benzene rings is 1. The predicted molar refractivity (Wildman–Crippen MR) is 94.7 cm³/mol. The van der Waals surface area contributed by atoms with Gasteiger partial charge in [-0.05, 0) is 67.0 Å².